The Bertz CT molecular complexity index is 933. The molecule has 0 spiro atoms. The van der Waals surface area contributed by atoms with Crippen LogP contribution in [0.5, 0.6) is 5.75 Å². The maximum atomic E-state index is 13.6. The average molecular weight is 437 g/mol. The van der Waals surface area contributed by atoms with E-state index in [1.165, 1.54) is 0 Å². The van der Waals surface area contributed by atoms with E-state index >= 15 is 0 Å². The number of hydrogen-bond donors (Lipinski definition) is 2. The number of likely N-dealkylation sites (N-methyl/N-ethyl adjacent to an activating group) is 1. The maximum Gasteiger partial charge on any atom is 0.243 e. The largest absolute Gasteiger partial charge is 0.492 e. The van der Waals surface area contributed by atoms with Crippen LogP contribution < -0.4 is 15.4 Å². The highest BCUT2D eigenvalue weighted by Gasteiger charge is 2.20. The van der Waals surface area contributed by atoms with Crippen molar-refractivity contribution >= 4 is 17.5 Å². The van der Waals surface area contributed by atoms with Crippen molar-refractivity contribution in [2.75, 3.05) is 32.1 Å². The van der Waals surface area contributed by atoms with E-state index in [2.05, 4.69) is 10.6 Å². The van der Waals surface area contributed by atoms with Gasteiger partial charge in [-0.1, -0.05) is 6.07 Å². The molecule has 9 heteroatoms. The van der Waals surface area contributed by atoms with Crippen molar-refractivity contribution in [3.63, 3.8) is 0 Å². The minimum Gasteiger partial charge on any atom is -0.492 e. The number of benzene rings is 2. The van der Waals surface area contributed by atoms with Gasteiger partial charge in [-0.15, -0.1) is 0 Å². The predicted octanol–water partition coefficient (Wildman–Crippen LogP) is 3.17. The molecule has 2 N–H and O–H groups in total. The van der Waals surface area contributed by atoms with Crippen LogP contribution in [0.15, 0.2) is 30.3 Å². The number of nitrogens with zero attached hydrogens (tertiary/aromatic N) is 1. The van der Waals surface area contributed by atoms with Gasteiger partial charge in [0.15, 0.2) is 17.5 Å². The third kappa shape index (κ3) is 6.99. The molecule has 0 fully saturated rings. The van der Waals surface area contributed by atoms with Gasteiger partial charge in [0.2, 0.25) is 11.8 Å². The van der Waals surface area contributed by atoms with E-state index in [0.717, 1.165) is 22.9 Å². The summed E-state index contributed by atoms with van der Waals surface area (Å²) in [5.41, 5.74) is 1.68. The maximum absolute atomic E-state index is 13.6. The molecule has 1 unspecified atom stereocenters. The summed E-state index contributed by atoms with van der Waals surface area (Å²) < 4.78 is 45.5. The molecule has 0 saturated carbocycles. The molecule has 2 aromatic carbocycles. The van der Waals surface area contributed by atoms with Crippen molar-refractivity contribution in [1.82, 2.24) is 10.2 Å². The molecular weight excluding hydrogens is 411 g/mol. The zero-order valence-electron chi connectivity index (χ0n) is 17.9. The standard InChI is InChI=1S/C22H26F3N3O3/c1-13-9-14(2)11-16(10-13)31-8-7-28(4)15(3)22(30)26-12-19(29)27-18-6-5-17(23)20(24)21(18)25/h5-6,9-11,15H,7-8,12H2,1-4H3,(H,26,30)(H,27,29). The number of hydrogen-bond acceptors (Lipinski definition) is 4. The van der Waals surface area contributed by atoms with Gasteiger partial charge in [-0.3, -0.25) is 14.5 Å². The van der Waals surface area contributed by atoms with Crippen molar-refractivity contribution in [1.29, 1.82) is 0 Å². The number of aryl methyl sites for hydroxylation is 2. The minimum atomic E-state index is -1.68. The molecule has 0 saturated heterocycles. The summed E-state index contributed by atoms with van der Waals surface area (Å²) in [7, 11) is 1.74. The van der Waals surface area contributed by atoms with E-state index in [0.29, 0.717) is 19.2 Å². The summed E-state index contributed by atoms with van der Waals surface area (Å²) in [4.78, 5) is 25.9. The van der Waals surface area contributed by atoms with Gasteiger partial charge in [-0.2, -0.15) is 0 Å². The van der Waals surface area contributed by atoms with Gasteiger partial charge >= 0.3 is 0 Å². The van der Waals surface area contributed by atoms with Crippen LogP contribution in [0.3, 0.4) is 0 Å². The van der Waals surface area contributed by atoms with Crippen LogP contribution in [0.4, 0.5) is 18.9 Å². The Morgan fingerprint density at radius 1 is 1.06 bits per heavy atom. The predicted molar refractivity (Wildman–Crippen MR) is 111 cm³/mol. The van der Waals surface area contributed by atoms with Gasteiger partial charge in [0.25, 0.3) is 0 Å². The molecule has 0 bridgehead atoms. The lowest BCUT2D eigenvalue weighted by atomic mass is 10.1. The second-order valence-corrected chi connectivity index (χ2v) is 7.32. The van der Waals surface area contributed by atoms with Crippen molar-refractivity contribution in [3.05, 3.63) is 58.9 Å². The number of rotatable bonds is 9. The normalized spacial score (nSPS) is 11.9. The quantitative estimate of drug-likeness (QED) is 0.592. The smallest absolute Gasteiger partial charge is 0.243 e. The van der Waals surface area contributed by atoms with Crippen molar-refractivity contribution < 1.29 is 27.5 Å². The van der Waals surface area contributed by atoms with E-state index in [1.807, 2.05) is 32.0 Å². The Morgan fingerprint density at radius 3 is 2.35 bits per heavy atom. The van der Waals surface area contributed by atoms with Gasteiger partial charge < -0.3 is 15.4 Å². The molecule has 0 aliphatic rings. The van der Waals surface area contributed by atoms with Crippen molar-refractivity contribution in [3.8, 4) is 5.75 Å². The van der Waals surface area contributed by atoms with Crippen LogP contribution in [0.2, 0.25) is 0 Å². The summed E-state index contributed by atoms with van der Waals surface area (Å²) >= 11 is 0. The molecule has 2 rings (SSSR count). The zero-order chi connectivity index (χ0) is 23.1. The number of carbonyl (C=O) groups is 2. The topological polar surface area (TPSA) is 70.7 Å². The Kier molecular flexibility index (Phi) is 8.44. The number of ether oxygens (including phenoxy) is 1. The zero-order valence-corrected chi connectivity index (χ0v) is 17.9. The molecule has 1 atom stereocenters. The fraction of sp³-hybridized carbons (Fsp3) is 0.364. The summed E-state index contributed by atoms with van der Waals surface area (Å²) in [6.45, 7) is 6.01. The first-order chi connectivity index (χ1) is 14.6. The molecule has 0 aromatic heterocycles. The molecule has 6 nitrogen and oxygen atoms in total. The summed E-state index contributed by atoms with van der Waals surface area (Å²) in [5, 5.41) is 4.52. The Balaban J connectivity index is 1.77. The van der Waals surface area contributed by atoms with Gasteiger partial charge in [0.05, 0.1) is 18.3 Å². The Morgan fingerprint density at radius 2 is 1.71 bits per heavy atom. The van der Waals surface area contributed by atoms with E-state index in [9.17, 15) is 22.8 Å². The Labute approximate surface area is 179 Å². The van der Waals surface area contributed by atoms with Crippen LogP contribution in [0, 0.1) is 31.3 Å². The van der Waals surface area contributed by atoms with Gasteiger partial charge in [-0.25, -0.2) is 13.2 Å². The third-order valence-corrected chi connectivity index (χ3v) is 4.68. The van der Waals surface area contributed by atoms with Gasteiger partial charge in [0, 0.05) is 6.54 Å². The lowest BCUT2D eigenvalue weighted by Crippen LogP contribution is -2.46. The number of nitrogens with one attached hydrogen (secondary N) is 2. The summed E-state index contributed by atoms with van der Waals surface area (Å²) in [6, 6.07) is 6.94. The molecular formula is C22H26F3N3O3. The second kappa shape index (κ2) is 10.8. The van der Waals surface area contributed by atoms with Gasteiger partial charge in [0.1, 0.15) is 12.4 Å². The highest BCUT2D eigenvalue weighted by atomic mass is 19.2. The number of anilines is 1. The third-order valence-electron chi connectivity index (χ3n) is 4.68. The monoisotopic (exact) mass is 437 g/mol. The highest BCUT2D eigenvalue weighted by molar-refractivity contribution is 5.95. The van der Waals surface area contributed by atoms with E-state index < -0.39 is 47.5 Å². The van der Waals surface area contributed by atoms with Crippen molar-refractivity contribution in [2.24, 2.45) is 0 Å². The summed E-state index contributed by atoms with van der Waals surface area (Å²) in [5.74, 6) is -4.98. The lowest BCUT2D eigenvalue weighted by molar-refractivity contribution is -0.127. The van der Waals surface area contributed by atoms with E-state index in [4.69, 9.17) is 4.74 Å². The first-order valence-corrected chi connectivity index (χ1v) is 9.71. The number of carbonyl (C=O) groups excluding carboxylic acids is 2. The van der Waals surface area contributed by atoms with Gasteiger partial charge in [-0.05, 0) is 63.2 Å². The summed E-state index contributed by atoms with van der Waals surface area (Å²) in [6.07, 6.45) is 0. The second-order valence-electron chi connectivity index (χ2n) is 7.32. The average Bonchev–Trinajstić information content (AvgIpc) is 2.71. The fourth-order valence-electron chi connectivity index (χ4n) is 2.85. The van der Waals surface area contributed by atoms with E-state index in [-0.39, 0.29) is 0 Å². The number of amides is 2. The van der Waals surface area contributed by atoms with E-state index in [1.54, 1.807) is 18.9 Å². The first-order valence-electron chi connectivity index (χ1n) is 9.71. The molecule has 2 amide bonds. The first kappa shape index (κ1) is 24.2. The molecule has 2 aromatic rings. The molecule has 168 valence electrons. The molecule has 0 heterocycles. The molecule has 0 radical (unpaired) electrons. The van der Waals surface area contributed by atoms with Crippen molar-refractivity contribution in [2.45, 2.75) is 26.8 Å². The van der Waals surface area contributed by atoms with Crippen LogP contribution in [0.1, 0.15) is 18.1 Å². The fourth-order valence-corrected chi connectivity index (χ4v) is 2.85. The Hall–Kier alpha value is -3.07. The van der Waals surface area contributed by atoms with Crippen LogP contribution in [-0.2, 0) is 9.59 Å². The molecule has 31 heavy (non-hydrogen) atoms. The van der Waals surface area contributed by atoms with Crippen LogP contribution >= 0.6 is 0 Å². The molecule has 0 aliphatic carbocycles. The highest BCUT2D eigenvalue weighted by Crippen LogP contribution is 2.19. The van der Waals surface area contributed by atoms with Crippen LogP contribution in [-0.4, -0.2) is 49.5 Å². The minimum absolute atomic E-state index is 0.368. The SMILES string of the molecule is Cc1cc(C)cc(OCCN(C)C(C)C(=O)NCC(=O)Nc2ccc(F)c(F)c2F)c1. The van der Waals surface area contributed by atoms with Crippen LogP contribution in [0.25, 0.3) is 0 Å². The lowest BCUT2D eigenvalue weighted by Gasteiger charge is -2.23. The number of halogens is 3. The molecule has 0 aliphatic heterocycles.